The molecule has 0 saturated carbocycles. The van der Waals surface area contributed by atoms with Gasteiger partial charge in [0, 0.05) is 18.6 Å². The van der Waals surface area contributed by atoms with Gasteiger partial charge in [0.1, 0.15) is 0 Å². The summed E-state index contributed by atoms with van der Waals surface area (Å²) in [5.41, 5.74) is 0. The maximum absolute atomic E-state index is 13.5. The second-order valence-electron chi connectivity index (χ2n) is 6.22. The van der Waals surface area contributed by atoms with Crippen LogP contribution >= 0.6 is 11.8 Å². The lowest BCUT2D eigenvalue weighted by atomic mass is 9.93. The van der Waals surface area contributed by atoms with Crippen LogP contribution in [0.15, 0.2) is 0 Å². The van der Waals surface area contributed by atoms with Crippen LogP contribution in [-0.4, -0.2) is 65.2 Å². The third-order valence-corrected chi connectivity index (χ3v) is 4.75. The average Bonchev–Trinajstić information content (AvgIpc) is 2.59. The Bertz CT molecular complexity index is 681. The Morgan fingerprint density at radius 3 is 1.62 bits per heavy atom. The summed E-state index contributed by atoms with van der Waals surface area (Å²) in [4.78, 5) is 21.6. The van der Waals surface area contributed by atoms with E-state index in [1.807, 2.05) is 5.32 Å². The Balaban J connectivity index is 5.22. The molecular formula is C14H13F13NO3S-. The zero-order valence-electron chi connectivity index (χ0n) is 15.5. The number of hydrogen-bond donors (Lipinski definition) is 1. The van der Waals surface area contributed by atoms with E-state index < -0.39 is 78.1 Å². The van der Waals surface area contributed by atoms with E-state index in [4.69, 9.17) is 0 Å². The molecule has 1 N–H and O–H groups in total. The van der Waals surface area contributed by atoms with Gasteiger partial charge in [-0.3, -0.25) is 4.79 Å². The van der Waals surface area contributed by atoms with Crippen LogP contribution < -0.4 is 10.4 Å². The molecule has 18 heteroatoms. The summed E-state index contributed by atoms with van der Waals surface area (Å²) < 4.78 is 168. The third-order valence-electron chi connectivity index (χ3n) is 3.76. The van der Waals surface area contributed by atoms with E-state index in [-0.39, 0.29) is 11.8 Å². The van der Waals surface area contributed by atoms with Crippen LogP contribution in [0.5, 0.6) is 0 Å². The first-order valence-electron chi connectivity index (χ1n) is 8.01. The predicted molar refractivity (Wildman–Crippen MR) is 80.0 cm³/mol. The fourth-order valence-corrected chi connectivity index (χ4v) is 2.73. The Morgan fingerprint density at radius 2 is 1.22 bits per heavy atom. The monoisotopic (exact) mass is 522 g/mol. The lowest BCUT2D eigenvalue weighted by molar-refractivity contribution is -0.439. The first-order valence-corrected chi connectivity index (χ1v) is 9.16. The lowest BCUT2D eigenvalue weighted by Crippen LogP contribution is -2.70. The predicted octanol–water partition coefficient (Wildman–Crippen LogP) is 3.49. The van der Waals surface area contributed by atoms with Crippen LogP contribution in [0.25, 0.3) is 0 Å². The zero-order valence-corrected chi connectivity index (χ0v) is 16.3. The summed E-state index contributed by atoms with van der Waals surface area (Å²) in [5, 5.41) is 12.2. The van der Waals surface area contributed by atoms with Crippen LogP contribution in [0.2, 0.25) is 0 Å². The molecule has 4 nitrogen and oxygen atoms in total. The SMILES string of the molecule is CC(NC(=O)CCSCCC(F)(F)C(F)(F)C(F)(F)C(F)(F)C(F)(F)C(F)(F)F)C(=O)[O-]. The normalized spacial score (nSPS) is 15.4. The molecule has 0 heterocycles. The molecule has 1 atom stereocenters. The number of alkyl halides is 13. The number of nitrogens with one attached hydrogen (secondary N) is 1. The lowest BCUT2D eigenvalue weighted by Gasteiger charge is -2.39. The Kier molecular flexibility index (Phi) is 9.21. The smallest absolute Gasteiger partial charge is 0.460 e. The van der Waals surface area contributed by atoms with Crippen LogP contribution in [0, 0.1) is 0 Å². The molecule has 0 spiro atoms. The number of carboxylic acids is 1. The van der Waals surface area contributed by atoms with Crippen molar-refractivity contribution in [2.24, 2.45) is 0 Å². The van der Waals surface area contributed by atoms with Gasteiger partial charge < -0.3 is 15.2 Å². The van der Waals surface area contributed by atoms with Crippen molar-refractivity contribution in [3.63, 3.8) is 0 Å². The van der Waals surface area contributed by atoms with Gasteiger partial charge in [0.2, 0.25) is 5.91 Å². The van der Waals surface area contributed by atoms with Gasteiger partial charge in [-0.1, -0.05) is 0 Å². The van der Waals surface area contributed by atoms with Gasteiger partial charge in [0.25, 0.3) is 0 Å². The zero-order chi connectivity index (χ0) is 26.0. The minimum absolute atomic E-state index is 0.190. The molecule has 0 aliphatic carbocycles. The molecule has 0 radical (unpaired) electrons. The summed E-state index contributed by atoms with van der Waals surface area (Å²) in [7, 11) is 0. The van der Waals surface area contributed by atoms with Gasteiger partial charge in [-0.25, -0.2) is 0 Å². The van der Waals surface area contributed by atoms with E-state index in [0.717, 1.165) is 6.92 Å². The molecule has 0 bridgehead atoms. The van der Waals surface area contributed by atoms with Crippen LogP contribution in [0.4, 0.5) is 57.1 Å². The number of aliphatic carboxylic acids is 1. The summed E-state index contributed by atoms with van der Waals surface area (Å²) in [6.45, 7) is 0.987. The van der Waals surface area contributed by atoms with E-state index in [1.165, 1.54) is 0 Å². The van der Waals surface area contributed by atoms with Crippen molar-refractivity contribution in [3.8, 4) is 0 Å². The Morgan fingerprint density at radius 1 is 0.781 bits per heavy atom. The van der Waals surface area contributed by atoms with E-state index >= 15 is 0 Å². The highest BCUT2D eigenvalue weighted by Gasteiger charge is 2.90. The molecule has 0 rings (SSSR count). The molecule has 0 aromatic heterocycles. The maximum Gasteiger partial charge on any atom is 0.460 e. The molecule has 0 saturated heterocycles. The summed E-state index contributed by atoms with van der Waals surface area (Å²) >= 11 is 0.190. The Labute approximate surface area is 174 Å². The summed E-state index contributed by atoms with van der Waals surface area (Å²) in [6.07, 6.45) is -10.4. The van der Waals surface area contributed by atoms with Crippen LogP contribution in [0.3, 0.4) is 0 Å². The third kappa shape index (κ3) is 5.84. The minimum Gasteiger partial charge on any atom is -0.548 e. The van der Waals surface area contributed by atoms with Gasteiger partial charge in [-0.2, -0.15) is 68.8 Å². The molecule has 1 unspecified atom stereocenters. The van der Waals surface area contributed by atoms with E-state index in [1.54, 1.807) is 0 Å². The maximum atomic E-state index is 13.5. The number of rotatable bonds is 12. The van der Waals surface area contributed by atoms with Crippen molar-refractivity contribution in [1.29, 1.82) is 0 Å². The molecule has 0 fully saturated rings. The van der Waals surface area contributed by atoms with E-state index in [0.29, 0.717) is 0 Å². The van der Waals surface area contributed by atoms with Crippen LogP contribution in [0.1, 0.15) is 19.8 Å². The molecular weight excluding hydrogens is 509 g/mol. The Hall–Kier alpha value is -1.62. The first kappa shape index (κ1) is 30.4. The topological polar surface area (TPSA) is 69.2 Å². The fraction of sp³-hybridized carbons (Fsp3) is 0.857. The van der Waals surface area contributed by atoms with Gasteiger partial charge >= 0.3 is 35.8 Å². The molecule has 0 aliphatic rings. The molecule has 0 aromatic carbocycles. The second-order valence-corrected chi connectivity index (χ2v) is 7.45. The van der Waals surface area contributed by atoms with Gasteiger partial charge in [0.15, 0.2) is 0 Å². The first-order chi connectivity index (χ1) is 14.0. The number of amides is 1. The van der Waals surface area contributed by atoms with Crippen molar-refractivity contribution in [3.05, 3.63) is 0 Å². The highest BCUT2D eigenvalue weighted by atomic mass is 32.2. The van der Waals surface area contributed by atoms with Crippen molar-refractivity contribution >= 4 is 23.6 Å². The molecule has 1 amide bonds. The number of carbonyl (C=O) groups excluding carboxylic acids is 2. The largest absolute Gasteiger partial charge is 0.548 e. The number of carbonyl (C=O) groups is 2. The molecule has 32 heavy (non-hydrogen) atoms. The minimum atomic E-state index is -7.94. The highest BCUT2D eigenvalue weighted by Crippen LogP contribution is 2.60. The summed E-state index contributed by atoms with van der Waals surface area (Å²) in [5.74, 6) is -41.4. The van der Waals surface area contributed by atoms with Gasteiger partial charge in [-0.05, 0) is 12.7 Å². The van der Waals surface area contributed by atoms with Crippen molar-refractivity contribution < 1.29 is 71.8 Å². The van der Waals surface area contributed by atoms with Crippen molar-refractivity contribution in [2.75, 3.05) is 11.5 Å². The van der Waals surface area contributed by atoms with Crippen LogP contribution in [-0.2, 0) is 9.59 Å². The quantitative estimate of drug-likeness (QED) is 0.315. The second kappa shape index (κ2) is 9.70. The highest BCUT2D eigenvalue weighted by molar-refractivity contribution is 7.99. The van der Waals surface area contributed by atoms with Crippen molar-refractivity contribution in [1.82, 2.24) is 5.32 Å². The molecule has 0 aliphatic heterocycles. The summed E-state index contributed by atoms with van der Waals surface area (Å²) in [6, 6.07) is -1.46. The van der Waals surface area contributed by atoms with E-state index in [2.05, 4.69) is 0 Å². The number of halogens is 13. The van der Waals surface area contributed by atoms with E-state index in [9.17, 15) is 71.8 Å². The number of thioether (sulfide) groups is 1. The average molecular weight is 522 g/mol. The number of carboxylic acid groups (broad SMARTS) is 1. The standard InChI is InChI=1S/C14H14F13NO3S/c1-6(8(30)31)28-7(29)2-4-32-5-3-9(15,16)10(17,18)11(19,20)12(21,22)13(23,24)14(25,26)27/h6H,2-5H2,1H3,(H,28,29)(H,30,31)/p-1. The fourth-order valence-electron chi connectivity index (χ4n) is 1.80. The van der Waals surface area contributed by atoms with Gasteiger partial charge in [0.05, 0.1) is 12.0 Å². The van der Waals surface area contributed by atoms with Gasteiger partial charge in [-0.15, -0.1) is 0 Å². The van der Waals surface area contributed by atoms with Crippen molar-refractivity contribution in [2.45, 2.75) is 61.6 Å². The molecule has 0 aromatic rings. The number of hydrogen-bond acceptors (Lipinski definition) is 4. The molecule has 190 valence electrons.